The number of piperidine rings is 1. The Morgan fingerprint density at radius 1 is 1.09 bits per heavy atom. The number of ether oxygens (including phenoxy) is 1. The molecule has 1 atom stereocenters. The van der Waals surface area contributed by atoms with Crippen molar-refractivity contribution in [3.05, 3.63) is 0 Å². The first-order valence-electron chi connectivity index (χ1n) is 8.72. The molecule has 5 nitrogen and oxygen atoms in total. The van der Waals surface area contributed by atoms with E-state index in [1.54, 1.807) is 0 Å². The van der Waals surface area contributed by atoms with Crippen molar-refractivity contribution < 1.29 is 9.53 Å². The lowest BCUT2D eigenvalue weighted by Gasteiger charge is -2.44. The normalized spacial score (nSPS) is 25.5. The van der Waals surface area contributed by atoms with Crippen molar-refractivity contribution in [1.82, 2.24) is 14.7 Å². The molecule has 0 aromatic heterocycles. The Kier molecular flexibility index (Phi) is 5.72. The van der Waals surface area contributed by atoms with Crippen LogP contribution < -0.4 is 0 Å². The van der Waals surface area contributed by atoms with Crippen LogP contribution >= 0.6 is 0 Å². The van der Waals surface area contributed by atoms with Gasteiger partial charge in [0, 0.05) is 44.8 Å². The van der Waals surface area contributed by atoms with Crippen molar-refractivity contribution in [1.29, 1.82) is 0 Å². The lowest BCUT2D eigenvalue weighted by molar-refractivity contribution is 0.00292. The molecule has 5 heteroatoms. The van der Waals surface area contributed by atoms with Gasteiger partial charge in [-0.15, -0.1) is 0 Å². The molecule has 0 bridgehead atoms. The summed E-state index contributed by atoms with van der Waals surface area (Å²) in [5.74, 6) is 0. The Bertz CT molecular complexity index is 371. The molecule has 2 fully saturated rings. The highest BCUT2D eigenvalue weighted by Crippen LogP contribution is 2.20. The maximum atomic E-state index is 12.1. The Hall–Kier alpha value is -0.810. The van der Waals surface area contributed by atoms with Gasteiger partial charge in [-0.2, -0.15) is 0 Å². The van der Waals surface area contributed by atoms with E-state index in [0.717, 1.165) is 26.2 Å². The van der Waals surface area contributed by atoms with Crippen LogP contribution in [0.5, 0.6) is 0 Å². The average Bonchev–Trinajstić information content (AvgIpc) is 2.46. The van der Waals surface area contributed by atoms with Crippen LogP contribution in [0.2, 0.25) is 0 Å². The van der Waals surface area contributed by atoms with Crippen molar-refractivity contribution in [3.8, 4) is 0 Å². The van der Waals surface area contributed by atoms with Gasteiger partial charge >= 0.3 is 6.09 Å². The topological polar surface area (TPSA) is 36.0 Å². The molecule has 128 valence electrons. The molecule has 0 spiro atoms. The monoisotopic (exact) mass is 311 g/mol. The molecule has 0 aromatic rings. The summed E-state index contributed by atoms with van der Waals surface area (Å²) >= 11 is 0. The van der Waals surface area contributed by atoms with Gasteiger partial charge in [0.15, 0.2) is 0 Å². The van der Waals surface area contributed by atoms with Crippen molar-refractivity contribution in [3.63, 3.8) is 0 Å². The van der Waals surface area contributed by atoms with E-state index < -0.39 is 5.60 Å². The third kappa shape index (κ3) is 4.85. The second-order valence-corrected chi connectivity index (χ2v) is 7.89. The number of hydrogen-bond donors (Lipinski definition) is 0. The van der Waals surface area contributed by atoms with Crippen LogP contribution in [0.1, 0.15) is 47.5 Å². The first-order valence-corrected chi connectivity index (χ1v) is 8.72. The number of nitrogens with zero attached hydrogens (tertiary/aromatic N) is 3. The number of piperazine rings is 1. The minimum atomic E-state index is -0.407. The molecular formula is C17H33N3O2. The number of carbonyl (C=O) groups is 1. The SMILES string of the molecule is CC(C)N1CCCC(N2CCN(C(=O)OC(C)(C)C)CC2)C1. The first-order chi connectivity index (χ1) is 10.3. The number of amides is 1. The Morgan fingerprint density at radius 3 is 2.27 bits per heavy atom. The molecule has 0 N–H and O–H groups in total. The molecule has 0 aromatic carbocycles. The highest BCUT2D eigenvalue weighted by molar-refractivity contribution is 5.68. The van der Waals surface area contributed by atoms with Gasteiger partial charge in [-0.05, 0) is 54.0 Å². The molecule has 2 heterocycles. The lowest BCUT2D eigenvalue weighted by Crippen LogP contribution is -2.57. The van der Waals surface area contributed by atoms with Crippen LogP contribution in [0.3, 0.4) is 0 Å². The minimum absolute atomic E-state index is 0.167. The molecular weight excluding hydrogens is 278 g/mol. The fraction of sp³-hybridized carbons (Fsp3) is 0.941. The molecule has 1 unspecified atom stereocenters. The molecule has 2 rings (SSSR count). The third-order valence-electron chi connectivity index (χ3n) is 4.64. The Balaban J connectivity index is 1.80. The van der Waals surface area contributed by atoms with Crippen LogP contribution in [0.25, 0.3) is 0 Å². The van der Waals surface area contributed by atoms with Crippen molar-refractivity contribution in [2.45, 2.75) is 65.1 Å². The van der Waals surface area contributed by atoms with Crippen molar-refractivity contribution in [2.24, 2.45) is 0 Å². The summed E-state index contributed by atoms with van der Waals surface area (Å²) in [4.78, 5) is 19.1. The zero-order valence-electron chi connectivity index (χ0n) is 15.0. The van der Waals surface area contributed by atoms with Crippen molar-refractivity contribution >= 4 is 6.09 Å². The maximum absolute atomic E-state index is 12.1. The zero-order valence-corrected chi connectivity index (χ0v) is 15.0. The fourth-order valence-corrected chi connectivity index (χ4v) is 3.35. The van der Waals surface area contributed by atoms with Crippen molar-refractivity contribution in [2.75, 3.05) is 39.3 Å². The summed E-state index contributed by atoms with van der Waals surface area (Å²) in [6.07, 6.45) is 2.41. The minimum Gasteiger partial charge on any atom is -0.444 e. The summed E-state index contributed by atoms with van der Waals surface area (Å²) in [6, 6.07) is 1.28. The average molecular weight is 311 g/mol. The van der Waals surface area contributed by atoms with Crippen LogP contribution in [-0.4, -0.2) is 77.7 Å². The van der Waals surface area contributed by atoms with E-state index in [-0.39, 0.29) is 6.09 Å². The summed E-state index contributed by atoms with van der Waals surface area (Å²) < 4.78 is 5.47. The van der Waals surface area contributed by atoms with Gasteiger partial charge in [0.1, 0.15) is 5.60 Å². The molecule has 2 aliphatic heterocycles. The predicted octanol–water partition coefficient (Wildman–Crippen LogP) is 2.41. The van der Waals surface area contributed by atoms with Crippen LogP contribution in [0.4, 0.5) is 4.79 Å². The second kappa shape index (κ2) is 7.18. The fourth-order valence-electron chi connectivity index (χ4n) is 3.35. The maximum Gasteiger partial charge on any atom is 0.410 e. The lowest BCUT2D eigenvalue weighted by atomic mass is 10.0. The van der Waals surface area contributed by atoms with E-state index in [1.165, 1.54) is 25.9 Å². The Morgan fingerprint density at radius 2 is 1.73 bits per heavy atom. The van der Waals surface area contributed by atoms with Gasteiger partial charge in [0.05, 0.1) is 0 Å². The molecule has 2 aliphatic rings. The van der Waals surface area contributed by atoms with E-state index >= 15 is 0 Å². The van der Waals surface area contributed by atoms with Crippen LogP contribution in [0, 0.1) is 0 Å². The third-order valence-corrected chi connectivity index (χ3v) is 4.64. The quantitative estimate of drug-likeness (QED) is 0.785. The van der Waals surface area contributed by atoms with E-state index in [0.29, 0.717) is 12.1 Å². The Labute approximate surface area is 135 Å². The van der Waals surface area contributed by atoms with Gasteiger partial charge in [0.2, 0.25) is 0 Å². The van der Waals surface area contributed by atoms with Gasteiger partial charge in [-0.1, -0.05) is 0 Å². The second-order valence-electron chi connectivity index (χ2n) is 7.89. The molecule has 0 aliphatic carbocycles. The van der Waals surface area contributed by atoms with Crippen LogP contribution in [0.15, 0.2) is 0 Å². The molecule has 0 radical (unpaired) electrons. The van der Waals surface area contributed by atoms with Gasteiger partial charge in [0.25, 0.3) is 0 Å². The summed E-state index contributed by atoms with van der Waals surface area (Å²) in [6.45, 7) is 16.2. The van der Waals surface area contributed by atoms with Gasteiger partial charge in [-0.25, -0.2) is 4.79 Å². The summed E-state index contributed by atoms with van der Waals surface area (Å²) in [7, 11) is 0. The number of hydrogen-bond acceptors (Lipinski definition) is 4. The zero-order chi connectivity index (χ0) is 16.3. The molecule has 0 saturated carbocycles. The number of carbonyl (C=O) groups excluding carboxylic acids is 1. The number of likely N-dealkylation sites (tertiary alicyclic amines) is 1. The molecule has 2 saturated heterocycles. The predicted molar refractivity (Wildman–Crippen MR) is 89.1 cm³/mol. The highest BCUT2D eigenvalue weighted by Gasteiger charge is 2.31. The smallest absolute Gasteiger partial charge is 0.410 e. The first kappa shape index (κ1) is 17.5. The largest absolute Gasteiger partial charge is 0.444 e. The molecule has 22 heavy (non-hydrogen) atoms. The summed E-state index contributed by atoms with van der Waals surface area (Å²) in [5, 5.41) is 0. The standard InChI is InChI=1S/C17H33N3O2/c1-14(2)20-8-6-7-15(13-20)18-9-11-19(12-10-18)16(21)22-17(3,4)5/h14-15H,6-13H2,1-5H3. The van der Waals surface area contributed by atoms with E-state index in [4.69, 9.17) is 4.74 Å². The number of rotatable bonds is 2. The highest BCUT2D eigenvalue weighted by atomic mass is 16.6. The summed E-state index contributed by atoms with van der Waals surface area (Å²) in [5.41, 5.74) is -0.407. The van der Waals surface area contributed by atoms with E-state index in [1.807, 2.05) is 25.7 Å². The van der Waals surface area contributed by atoms with Gasteiger partial charge < -0.3 is 9.64 Å². The van der Waals surface area contributed by atoms with Crippen LogP contribution in [-0.2, 0) is 4.74 Å². The van der Waals surface area contributed by atoms with Gasteiger partial charge in [-0.3, -0.25) is 9.80 Å². The molecule has 1 amide bonds. The van der Waals surface area contributed by atoms with E-state index in [9.17, 15) is 4.79 Å². The van der Waals surface area contributed by atoms with E-state index in [2.05, 4.69) is 23.6 Å².